The van der Waals surface area contributed by atoms with Crippen molar-refractivity contribution in [3.63, 3.8) is 0 Å². The molecule has 0 heterocycles. The number of non-ortho nitro benzene ring substituents is 1. The van der Waals surface area contributed by atoms with Crippen LogP contribution in [0.4, 0.5) is 17.1 Å². The maximum absolute atomic E-state index is 12.2. The number of anilines is 2. The zero-order valence-corrected chi connectivity index (χ0v) is 15.2. The number of nitro groups is 1. The van der Waals surface area contributed by atoms with Crippen molar-refractivity contribution in [3.8, 4) is 6.07 Å². The lowest BCUT2D eigenvalue weighted by Crippen LogP contribution is -2.15. The van der Waals surface area contributed by atoms with Crippen LogP contribution in [-0.2, 0) is 9.53 Å². The molecule has 1 amide bonds. The Labute approximate surface area is 164 Å². The number of esters is 1. The van der Waals surface area contributed by atoms with Gasteiger partial charge in [0.15, 0.2) is 0 Å². The van der Waals surface area contributed by atoms with Gasteiger partial charge < -0.3 is 15.4 Å². The molecule has 0 atom stereocenters. The van der Waals surface area contributed by atoms with Crippen molar-refractivity contribution in [1.29, 1.82) is 5.26 Å². The molecule has 0 aliphatic rings. The molecule has 0 saturated carbocycles. The van der Waals surface area contributed by atoms with E-state index < -0.39 is 16.8 Å². The second-order valence-corrected chi connectivity index (χ2v) is 5.67. The first-order valence-corrected chi connectivity index (χ1v) is 8.04. The van der Waals surface area contributed by atoms with Crippen LogP contribution in [0.3, 0.4) is 0 Å². The number of ether oxygens (including phenoxy) is 1. The first-order valence-electron chi connectivity index (χ1n) is 7.66. The first kappa shape index (κ1) is 20.4. The van der Waals surface area contributed by atoms with Crippen molar-refractivity contribution in [2.24, 2.45) is 0 Å². The molecule has 0 unspecified atom stereocenters. The number of benzene rings is 2. The Hall–Kier alpha value is -3.90. The van der Waals surface area contributed by atoms with Gasteiger partial charge in [-0.1, -0.05) is 11.6 Å². The van der Waals surface area contributed by atoms with E-state index in [4.69, 9.17) is 11.6 Å². The van der Waals surface area contributed by atoms with E-state index >= 15 is 0 Å². The minimum atomic E-state index is -0.802. The molecule has 2 aromatic carbocycles. The molecule has 0 saturated heterocycles. The van der Waals surface area contributed by atoms with E-state index in [9.17, 15) is 25.0 Å². The molecule has 9 nitrogen and oxygen atoms in total. The standard InChI is InChI=1S/C18H13ClN4O5/c1-28-18(25)11-2-4-13(5-3-11)21-10-12(9-20)17(24)22-16-8-14(23(26)27)6-7-15(16)19/h2-8,10,21H,1H3,(H,22,24)/b12-10-. The van der Waals surface area contributed by atoms with Crippen LogP contribution in [0.15, 0.2) is 54.2 Å². The van der Waals surface area contributed by atoms with Gasteiger partial charge in [-0.2, -0.15) is 5.26 Å². The average molecular weight is 401 g/mol. The second-order valence-electron chi connectivity index (χ2n) is 5.26. The van der Waals surface area contributed by atoms with Crippen molar-refractivity contribution in [2.45, 2.75) is 0 Å². The first-order chi connectivity index (χ1) is 13.3. The summed E-state index contributed by atoms with van der Waals surface area (Å²) in [5, 5.41) is 25.2. The summed E-state index contributed by atoms with van der Waals surface area (Å²) in [6, 6.07) is 11.4. The van der Waals surface area contributed by atoms with Crippen LogP contribution in [0.25, 0.3) is 0 Å². The van der Waals surface area contributed by atoms with E-state index in [-0.39, 0.29) is 22.0 Å². The molecular formula is C18H13ClN4O5. The summed E-state index contributed by atoms with van der Waals surface area (Å²) >= 11 is 5.93. The quantitative estimate of drug-likeness (QED) is 0.249. The van der Waals surface area contributed by atoms with Gasteiger partial charge in [0, 0.05) is 24.0 Å². The highest BCUT2D eigenvalue weighted by atomic mass is 35.5. The van der Waals surface area contributed by atoms with E-state index in [0.29, 0.717) is 11.3 Å². The zero-order valence-electron chi connectivity index (χ0n) is 14.4. The maximum Gasteiger partial charge on any atom is 0.337 e. The highest BCUT2D eigenvalue weighted by molar-refractivity contribution is 6.34. The number of carbonyl (C=O) groups is 2. The Balaban J connectivity index is 2.13. The number of nitriles is 1. The molecule has 0 aliphatic carbocycles. The van der Waals surface area contributed by atoms with Gasteiger partial charge in [-0.05, 0) is 30.3 Å². The predicted molar refractivity (Wildman–Crippen MR) is 102 cm³/mol. The lowest BCUT2D eigenvalue weighted by molar-refractivity contribution is -0.384. The molecule has 0 radical (unpaired) electrons. The third-order valence-corrected chi connectivity index (χ3v) is 3.79. The summed E-state index contributed by atoms with van der Waals surface area (Å²) in [6.45, 7) is 0. The Morgan fingerprint density at radius 2 is 1.93 bits per heavy atom. The molecule has 10 heteroatoms. The third-order valence-electron chi connectivity index (χ3n) is 3.46. The van der Waals surface area contributed by atoms with E-state index in [2.05, 4.69) is 15.4 Å². The summed E-state index contributed by atoms with van der Waals surface area (Å²) in [7, 11) is 1.27. The van der Waals surface area contributed by atoms with E-state index in [1.54, 1.807) is 18.2 Å². The monoisotopic (exact) mass is 400 g/mol. The van der Waals surface area contributed by atoms with Gasteiger partial charge >= 0.3 is 5.97 Å². The number of carbonyl (C=O) groups excluding carboxylic acids is 2. The molecule has 0 spiro atoms. The summed E-state index contributed by atoms with van der Waals surface area (Å²) in [6.07, 6.45) is 1.16. The van der Waals surface area contributed by atoms with Crippen LogP contribution in [0.1, 0.15) is 10.4 Å². The molecule has 2 aromatic rings. The summed E-state index contributed by atoms with van der Waals surface area (Å²) in [5.41, 5.74) is 0.312. The van der Waals surface area contributed by atoms with Gasteiger partial charge in [0.2, 0.25) is 0 Å². The zero-order chi connectivity index (χ0) is 20.7. The predicted octanol–water partition coefficient (Wildman–Crippen LogP) is 3.49. The molecular weight excluding hydrogens is 388 g/mol. The fourth-order valence-corrected chi connectivity index (χ4v) is 2.20. The summed E-state index contributed by atoms with van der Waals surface area (Å²) < 4.78 is 4.59. The fraction of sp³-hybridized carbons (Fsp3) is 0.0556. The van der Waals surface area contributed by atoms with Crippen LogP contribution in [-0.4, -0.2) is 23.9 Å². The molecule has 0 fully saturated rings. The molecule has 28 heavy (non-hydrogen) atoms. The molecule has 0 aliphatic heterocycles. The smallest absolute Gasteiger partial charge is 0.337 e. The molecule has 0 bridgehead atoms. The Morgan fingerprint density at radius 3 is 2.50 bits per heavy atom. The maximum atomic E-state index is 12.2. The van der Waals surface area contributed by atoms with Gasteiger partial charge in [-0.15, -0.1) is 0 Å². The largest absolute Gasteiger partial charge is 0.465 e. The van der Waals surface area contributed by atoms with Crippen LogP contribution >= 0.6 is 11.6 Å². The number of amides is 1. The van der Waals surface area contributed by atoms with Gasteiger partial charge in [-0.3, -0.25) is 14.9 Å². The van der Waals surface area contributed by atoms with Crippen molar-refractivity contribution in [1.82, 2.24) is 0 Å². The minimum Gasteiger partial charge on any atom is -0.465 e. The van der Waals surface area contributed by atoms with Crippen LogP contribution in [0.5, 0.6) is 0 Å². The van der Waals surface area contributed by atoms with E-state index in [1.807, 2.05) is 0 Å². The lowest BCUT2D eigenvalue weighted by Gasteiger charge is -2.07. The summed E-state index contributed by atoms with van der Waals surface area (Å²) in [4.78, 5) is 33.8. The Bertz CT molecular complexity index is 996. The molecule has 142 valence electrons. The van der Waals surface area contributed by atoms with Crippen LogP contribution in [0, 0.1) is 21.4 Å². The number of nitrogens with zero attached hydrogens (tertiary/aromatic N) is 2. The lowest BCUT2D eigenvalue weighted by atomic mass is 10.2. The number of hydrogen-bond acceptors (Lipinski definition) is 7. The van der Waals surface area contributed by atoms with E-state index in [0.717, 1.165) is 12.3 Å². The number of hydrogen-bond donors (Lipinski definition) is 2. The molecule has 2 N–H and O–H groups in total. The number of nitro benzene ring substituents is 1. The fourth-order valence-electron chi connectivity index (χ4n) is 2.04. The van der Waals surface area contributed by atoms with E-state index in [1.165, 1.54) is 31.4 Å². The van der Waals surface area contributed by atoms with Crippen molar-refractivity contribution in [3.05, 3.63) is 74.9 Å². The van der Waals surface area contributed by atoms with Gasteiger partial charge in [0.05, 0.1) is 28.3 Å². The Morgan fingerprint density at radius 1 is 1.25 bits per heavy atom. The number of nitrogens with one attached hydrogen (secondary N) is 2. The number of rotatable bonds is 6. The Kier molecular flexibility index (Phi) is 6.68. The second kappa shape index (κ2) is 9.16. The average Bonchev–Trinajstić information content (AvgIpc) is 2.69. The van der Waals surface area contributed by atoms with Gasteiger partial charge in [0.1, 0.15) is 11.6 Å². The minimum absolute atomic E-state index is 0.00412. The molecule has 2 rings (SSSR count). The SMILES string of the molecule is COC(=O)c1ccc(N/C=C(/C#N)C(=O)Nc2cc([N+](=O)[O-])ccc2Cl)cc1. The number of halogens is 1. The molecule has 0 aromatic heterocycles. The van der Waals surface area contributed by atoms with Crippen molar-refractivity contribution >= 4 is 40.5 Å². The highest BCUT2D eigenvalue weighted by Crippen LogP contribution is 2.27. The van der Waals surface area contributed by atoms with Gasteiger partial charge in [-0.25, -0.2) is 4.79 Å². The van der Waals surface area contributed by atoms with Crippen molar-refractivity contribution in [2.75, 3.05) is 17.7 Å². The van der Waals surface area contributed by atoms with Crippen LogP contribution in [0.2, 0.25) is 5.02 Å². The number of methoxy groups -OCH3 is 1. The topological polar surface area (TPSA) is 134 Å². The van der Waals surface area contributed by atoms with Crippen LogP contribution < -0.4 is 10.6 Å². The van der Waals surface area contributed by atoms with Gasteiger partial charge in [0.25, 0.3) is 11.6 Å². The summed E-state index contributed by atoms with van der Waals surface area (Å²) in [5.74, 6) is -1.29. The van der Waals surface area contributed by atoms with Crippen molar-refractivity contribution < 1.29 is 19.2 Å². The highest BCUT2D eigenvalue weighted by Gasteiger charge is 2.15. The normalized spacial score (nSPS) is 10.5. The third kappa shape index (κ3) is 5.06.